The van der Waals surface area contributed by atoms with E-state index < -0.39 is 11.5 Å². The quantitative estimate of drug-likeness (QED) is 0.869. The average Bonchev–Trinajstić information content (AvgIpc) is 2.27. The van der Waals surface area contributed by atoms with E-state index in [4.69, 9.17) is 10.00 Å². The van der Waals surface area contributed by atoms with Gasteiger partial charge in [0.1, 0.15) is 5.75 Å². The fourth-order valence-electron chi connectivity index (χ4n) is 1.51. The standard InChI is InChI=1S/C14H19NO2/c1-10(2)17-12-7-5-6-11(8-12)13(16)14(3,4)9-15/h5-8,10,13,16H,1-4H3. The van der Waals surface area contributed by atoms with Crippen LogP contribution in [0.4, 0.5) is 0 Å². The van der Waals surface area contributed by atoms with Crippen LogP contribution in [0.15, 0.2) is 24.3 Å². The van der Waals surface area contributed by atoms with Gasteiger partial charge in [-0.15, -0.1) is 0 Å². The summed E-state index contributed by atoms with van der Waals surface area (Å²) in [6.07, 6.45) is -0.727. The van der Waals surface area contributed by atoms with Gasteiger partial charge in [0, 0.05) is 0 Å². The van der Waals surface area contributed by atoms with Gasteiger partial charge in [-0.05, 0) is 45.4 Å². The lowest BCUT2D eigenvalue weighted by Gasteiger charge is -2.23. The third kappa shape index (κ3) is 3.47. The van der Waals surface area contributed by atoms with E-state index in [0.717, 1.165) is 0 Å². The van der Waals surface area contributed by atoms with Gasteiger partial charge in [0.05, 0.1) is 23.7 Å². The van der Waals surface area contributed by atoms with E-state index in [0.29, 0.717) is 11.3 Å². The molecule has 1 unspecified atom stereocenters. The highest BCUT2D eigenvalue weighted by Crippen LogP contribution is 2.33. The van der Waals surface area contributed by atoms with Crippen molar-refractivity contribution in [2.45, 2.75) is 39.9 Å². The van der Waals surface area contributed by atoms with Gasteiger partial charge in [-0.25, -0.2) is 0 Å². The van der Waals surface area contributed by atoms with Crippen LogP contribution in [0.3, 0.4) is 0 Å². The molecule has 3 nitrogen and oxygen atoms in total. The summed E-state index contributed by atoms with van der Waals surface area (Å²) in [6.45, 7) is 7.33. The molecule has 1 atom stereocenters. The Balaban J connectivity index is 2.96. The monoisotopic (exact) mass is 233 g/mol. The number of aliphatic hydroxyl groups is 1. The van der Waals surface area contributed by atoms with E-state index in [1.807, 2.05) is 26.0 Å². The maximum Gasteiger partial charge on any atom is 0.120 e. The van der Waals surface area contributed by atoms with Crippen molar-refractivity contribution in [1.82, 2.24) is 0 Å². The van der Waals surface area contributed by atoms with Crippen molar-refractivity contribution in [1.29, 1.82) is 5.26 Å². The molecule has 92 valence electrons. The highest BCUT2D eigenvalue weighted by molar-refractivity contribution is 5.31. The number of nitrogens with zero attached hydrogens (tertiary/aromatic N) is 1. The molecule has 1 aromatic rings. The summed E-state index contributed by atoms with van der Waals surface area (Å²) < 4.78 is 5.56. The summed E-state index contributed by atoms with van der Waals surface area (Å²) in [6, 6.07) is 9.36. The maximum absolute atomic E-state index is 10.1. The van der Waals surface area contributed by atoms with Gasteiger partial charge in [0.2, 0.25) is 0 Å². The minimum Gasteiger partial charge on any atom is -0.491 e. The third-order valence-electron chi connectivity index (χ3n) is 2.52. The predicted molar refractivity (Wildman–Crippen MR) is 66.6 cm³/mol. The zero-order valence-electron chi connectivity index (χ0n) is 10.8. The molecule has 1 rings (SSSR count). The second kappa shape index (κ2) is 5.20. The van der Waals surface area contributed by atoms with Gasteiger partial charge in [0.15, 0.2) is 0 Å². The first-order valence-corrected chi connectivity index (χ1v) is 5.73. The minimum absolute atomic E-state index is 0.0892. The molecule has 0 radical (unpaired) electrons. The molecule has 17 heavy (non-hydrogen) atoms. The highest BCUT2D eigenvalue weighted by atomic mass is 16.5. The van der Waals surface area contributed by atoms with Crippen molar-refractivity contribution in [2.75, 3.05) is 0 Å². The molecule has 3 heteroatoms. The van der Waals surface area contributed by atoms with Gasteiger partial charge in [-0.1, -0.05) is 12.1 Å². The van der Waals surface area contributed by atoms with Crippen LogP contribution in [0, 0.1) is 16.7 Å². The Bertz CT molecular complexity index is 418. The number of ether oxygens (including phenoxy) is 1. The topological polar surface area (TPSA) is 53.2 Å². The zero-order chi connectivity index (χ0) is 13.1. The van der Waals surface area contributed by atoms with Crippen LogP contribution >= 0.6 is 0 Å². The van der Waals surface area contributed by atoms with Crippen LogP contribution in [0.1, 0.15) is 39.4 Å². The van der Waals surface area contributed by atoms with E-state index >= 15 is 0 Å². The van der Waals surface area contributed by atoms with Crippen molar-refractivity contribution in [2.24, 2.45) is 5.41 Å². The second-order valence-electron chi connectivity index (χ2n) is 4.98. The van der Waals surface area contributed by atoms with Gasteiger partial charge in [0.25, 0.3) is 0 Å². The molecule has 0 amide bonds. The Morgan fingerprint density at radius 1 is 1.35 bits per heavy atom. The second-order valence-corrected chi connectivity index (χ2v) is 4.98. The van der Waals surface area contributed by atoms with E-state index in [-0.39, 0.29) is 6.10 Å². The largest absolute Gasteiger partial charge is 0.491 e. The Morgan fingerprint density at radius 2 is 2.00 bits per heavy atom. The number of hydrogen-bond acceptors (Lipinski definition) is 3. The molecule has 0 bridgehead atoms. The summed E-state index contributed by atoms with van der Waals surface area (Å²) in [5.41, 5.74) is -0.106. The number of aliphatic hydroxyl groups excluding tert-OH is 1. The molecular formula is C14H19NO2. The minimum atomic E-state index is -0.816. The predicted octanol–water partition coefficient (Wildman–Crippen LogP) is 3.06. The molecule has 0 spiro atoms. The van der Waals surface area contributed by atoms with E-state index in [9.17, 15) is 5.11 Å². The smallest absolute Gasteiger partial charge is 0.120 e. The fraction of sp³-hybridized carbons (Fsp3) is 0.500. The Kier molecular flexibility index (Phi) is 4.14. The van der Waals surface area contributed by atoms with Crippen molar-refractivity contribution in [3.8, 4) is 11.8 Å². The van der Waals surface area contributed by atoms with Crippen LogP contribution in [0.25, 0.3) is 0 Å². The zero-order valence-corrected chi connectivity index (χ0v) is 10.8. The highest BCUT2D eigenvalue weighted by Gasteiger charge is 2.29. The Hall–Kier alpha value is -1.53. The first-order chi connectivity index (χ1) is 7.86. The molecule has 0 heterocycles. The van der Waals surface area contributed by atoms with Crippen molar-refractivity contribution in [3.05, 3.63) is 29.8 Å². The molecular weight excluding hydrogens is 214 g/mol. The summed E-state index contributed by atoms with van der Waals surface area (Å²) in [4.78, 5) is 0. The van der Waals surface area contributed by atoms with Crippen LogP contribution in [0.2, 0.25) is 0 Å². The van der Waals surface area contributed by atoms with Gasteiger partial charge in [-0.3, -0.25) is 0 Å². The van der Waals surface area contributed by atoms with Gasteiger partial charge in [-0.2, -0.15) is 5.26 Å². The fourth-order valence-corrected chi connectivity index (χ4v) is 1.51. The number of nitriles is 1. The Labute approximate surface area is 103 Å². The first-order valence-electron chi connectivity index (χ1n) is 5.73. The van der Waals surface area contributed by atoms with Crippen LogP contribution < -0.4 is 4.74 Å². The molecule has 0 saturated heterocycles. The van der Waals surface area contributed by atoms with Crippen LogP contribution in [0.5, 0.6) is 5.75 Å². The average molecular weight is 233 g/mol. The maximum atomic E-state index is 10.1. The normalized spacial score (nSPS) is 13.2. The first kappa shape index (κ1) is 13.5. The Morgan fingerprint density at radius 3 is 2.53 bits per heavy atom. The van der Waals surface area contributed by atoms with E-state index in [1.165, 1.54) is 0 Å². The van der Waals surface area contributed by atoms with Crippen LogP contribution in [-0.2, 0) is 0 Å². The summed E-state index contributed by atoms with van der Waals surface area (Å²) in [7, 11) is 0. The van der Waals surface area contributed by atoms with Crippen molar-refractivity contribution < 1.29 is 9.84 Å². The molecule has 0 aliphatic heterocycles. The molecule has 0 aliphatic rings. The molecule has 1 N–H and O–H groups in total. The summed E-state index contributed by atoms with van der Waals surface area (Å²) in [5.74, 6) is 0.713. The summed E-state index contributed by atoms with van der Waals surface area (Å²) >= 11 is 0. The lowest BCUT2D eigenvalue weighted by atomic mass is 9.84. The lowest BCUT2D eigenvalue weighted by Crippen LogP contribution is -2.19. The van der Waals surface area contributed by atoms with E-state index in [2.05, 4.69) is 6.07 Å². The van der Waals surface area contributed by atoms with E-state index in [1.54, 1.807) is 26.0 Å². The number of benzene rings is 1. The van der Waals surface area contributed by atoms with Crippen molar-refractivity contribution >= 4 is 0 Å². The summed E-state index contributed by atoms with van der Waals surface area (Å²) in [5, 5.41) is 19.1. The number of rotatable bonds is 4. The molecule has 0 aromatic heterocycles. The molecule has 0 saturated carbocycles. The molecule has 0 aliphatic carbocycles. The molecule has 1 aromatic carbocycles. The van der Waals surface area contributed by atoms with Crippen molar-refractivity contribution in [3.63, 3.8) is 0 Å². The van der Waals surface area contributed by atoms with Gasteiger partial charge < -0.3 is 9.84 Å². The molecule has 0 fully saturated rings. The van der Waals surface area contributed by atoms with Crippen LogP contribution in [-0.4, -0.2) is 11.2 Å². The number of hydrogen-bond donors (Lipinski definition) is 1. The SMILES string of the molecule is CC(C)Oc1cccc(C(O)C(C)(C)C#N)c1. The van der Waals surface area contributed by atoms with Gasteiger partial charge >= 0.3 is 0 Å². The third-order valence-corrected chi connectivity index (χ3v) is 2.52. The lowest BCUT2D eigenvalue weighted by molar-refractivity contribution is 0.0863.